The molecule has 0 unspecified atom stereocenters. The lowest BCUT2D eigenvalue weighted by molar-refractivity contribution is -0.384. The van der Waals surface area contributed by atoms with E-state index in [0.29, 0.717) is 11.4 Å². The second-order valence-corrected chi connectivity index (χ2v) is 5.85. The Kier molecular flexibility index (Phi) is 11.0. The van der Waals surface area contributed by atoms with E-state index in [1.54, 1.807) is 6.07 Å². The number of carbonyl (C=O) groups is 1. The van der Waals surface area contributed by atoms with E-state index < -0.39 is 33.2 Å². The standard InChI is InChI=1S/C6H6N2O3.C6H8N2O.C4H2O4.C4H4O2/c7-5-2-1-4(9)3-6(5)8(10)11;7-5-2-1-4(9)3-6(5)8;5-1-2(6)4(8)3(1)7;1-2-3-4(5)6/h1-3,9H,7H2;1-3,9H,7-8H2;5-6H;1H3,(H,5,6). The van der Waals surface area contributed by atoms with Crippen molar-refractivity contribution in [3.05, 3.63) is 67.0 Å². The first-order valence-electron chi connectivity index (χ1n) is 8.66. The summed E-state index contributed by atoms with van der Waals surface area (Å²) >= 11 is 0. The highest BCUT2D eigenvalue weighted by Crippen LogP contribution is 2.25. The molecule has 0 atom stereocenters. The fourth-order valence-electron chi connectivity index (χ4n) is 1.73. The number of aliphatic carboxylic acids is 1. The predicted octanol–water partition coefficient (Wildman–Crippen LogP) is 0.227. The summed E-state index contributed by atoms with van der Waals surface area (Å²) < 4.78 is 0. The molecule has 14 nitrogen and oxygen atoms in total. The topological polar surface area (TPSA) is 274 Å². The van der Waals surface area contributed by atoms with Gasteiger partial charge in [-0.05, 0) is 31.2 Å². The van der Waals surface area contributed by atoms with E-state index in [-0.39, 0.29) is 22.9 Å². The van der Waals surface area contributed by atoms with Crippen LogP contribution < -0.4 is 28.1 Å². The minimum Gasteiger partial charge on any atom is -0.508 e. The van der Waals surface area contributed by atoms with Gasteiger partial charge < -0.3 is 42.7 Å². The maximum absolute atomic E-state index is 10.2. The Morgan fingerprint density at radius 3 is 1.56 bits per heavy atom. The Hall–Kier alpha value is -5.45. The SMILES string of the molecule is CC#CC(=O)O.Nc1ccc(O)cc1N.Nc1ccc(O)cc1[N+](=O)[O-].O=c1c(O)c(O)c1=O. The van der Waals surface area contributed by atoms with Gasteiger partial charge in [0.25, 0.3) is 16.5 Å². The molecule has 0 aliphatic carbocycles. The van der Waals surface area contributed by atoms with Crippen molar-refractivity contribution >= 4 is 28.7 Å². The zero-order valence-corrected chi connectivity index (χ0v) is 17.4. The molecule has 14 heteroatoms. The second-order valence-electron chi connectivity index (χ2n) is 5.85. The summed E-state index contributed by atoms with van der Waals surface area (Å²) in [5, 5.41) is 52.0. The molecule has 180 valence electrons. The number of anilines is 3. The molecule has 0 aliphatic rings. The number of aromatic hydroxyl groups is 4. The van der Waals surface area contributed by atoms with Crippen molar-refractivity contribution in [3.63, 3.8) is 0 Å². The molecular formula is C20H20N4O10. The summed E-state index contributed by atoms with van der Waals surface area (Å²) in [5.41, 5.74) is 14.6. The number of nitro groups is 1. The predicted molar refractivity (Wildman–Crippen MR) is 122 cm³/mol. The van der Waals surface area contributed by atoms with E-state index in [9.17, 15) is 24.5 Å². The summed E-state index contributed by atoms with van der Waals surface area (Å²) in [6.45, 7) is 1.48. The molecule has 34 heavy (non-hydrogen) atoms. The fourth-order valence-corrected chi connectivity index (χ4v) is 1.73. The largest absolute Gasteiger partial charge is 0.508 e. The maximum Gasteiger partial charge on any atom is 0.381 e. The minimum absolute atomic E-state index is 0.0489. The van der Waals surface area contributed by atoms with Crippen LogP contribution in [0.25, 0.3) is 0 Å². The van der Waals surface area contributed by atoms with Gasteiger partial charge in [0.1, 0.15) is 17.2 Å². The van der Waals surface area contributed by atoms with Crippen LogP contribution >= 0.6 is 0 Å². The van der Waals surface area contributed by atoms with E-state index in [0.717, 1.165) is 6.07 Å². The van der Waals surface area contributed by atoms with Gasteiger partial charge in [-0.3, -0.25) is 19.7 Å². The van der Waals surface area contributed by atoms with Gasteiger partial charge in [0.05, 0.1) is 22.4 Å². The van der Waals surface area contributed by atoms with Gasteiger partial charge in [0.2, 0.25) is 11.5 Å². The van der Waals surface area contributed by atoms with Gasteiger partial charge in [0.15, 0.2) is 0 Å². The Morgan fingerprint density at radius 2 is 1.29 bits per heavy atom. The van der Waals surface area contributed by atoms with Crippen LogP contribution in [0.2, 0.25) is 0 Å². The monoisotopic (exact) mass is 476 g/mol. The maximum atomic E-state index is 10.2. The van der Waals surface area contributed by atoms with Gasteiger partial charge in [0, 0.05) is 12.0 Å². The second kappa shape index (κ2) is 13.1. The van der Waals surface area contributed by atoms with Crippen LogP contribution in [0, 0.1) is 22.0 Å². The van der Waals surface area contributed by atoms with Crippen LogP contribution in [0.1, 0.15) is 6.92 Å². The van der Waals surface area contributed by atoms with Crippen molar-refractivity contribution in [2.24, 2.45) is 0 Å². The number of carboxylic acid groups (broad SMARTS) is 1. The highest BCUT2D eigenvalue weighted by Gasteiger charge is 2.17. The number of nitro benzene ring substituents is 1. The molecule has 0 aliphatic heterocycles. The first kappa shape index (κ1) is 28.5. The highest BCUT2D eigenvalue weighted by atomic mass is 16.6. The molecular weight excluding hydrogens is 456 g/mol. The first-order valence-corrected chi connectivity index (χ1v) is 8.66. The molecule has 0 heterocycles. The number of benzene rings is 2. The number of rotatable bonds is 1. The third-order valence-electron chi connectivity index (χ3n) is 3.37. The van der Waals surface area contributed by atoms with E-state index in [1.165, 1.54) is 31.2 Å². The lowest BCUT2D eigenvalue weighted by Crippen LogP contribution is -2.28. The summed E-state index contributed by atoms with van der Waals surface area (Å²) in [6, 6.07) is 8.05. The molecule has 0 amide bonds. The molecule has 0 fully saturated rings. The zero-order valence-electron chi connectivity index (χ0n) is 17.4. The molecule has 0 radical (unpaired) electrons. The van der Waals surface area contributed by atoms with Crippen LogP contribution in [0.15, 0.2) is 46.0 Å². The molecule has 0 aromatic heterocycles. The molecule has 3 aromatic carbocycles. The van der Waals surface area contributed by atoms with E-state index in [1.807, 2.05) is 5.92 Å². The van der Waals surface area contributed by atoms with Crippen molar-refractivity contribution in [1.29, 1.82) is 0 Å². The minimum atomic E-state index is -1.07. The molecule has 11 N–H and O–H groups in total. The number of phenolic OH excluding ortho intramolecular Hbond substituents is 2. The van der Waals surface area contributed by atoms with Crippen LogP contribution in [0.5, 0.6) is 23.0 Å². The third kappa shape index (κ3) is 9.14. The summed E-state index contributed by atoms with van der Waals surface area (Å²) in [7, 11) is 0. The first-order chi connectivity index (χ1) is 15.7. The van der Waals surface area contributed by atoms with Crippen LogP contribution in [-0.2, 0) is 4.79 Å². The Labute approximate surface area is 190 Å². The quantitative estimate of drug-likeness (QED) is 0.0583. The van der Waals surface area contributed by atoms with Gasteiger partial charge in [-0.2, -0.15) is 0 Å². The van der Waals surface area contributed by atoms with Gasteiger partial charge in [-0.25, -0.2) is 4.79 Å². The van der Waals surface area contributed by atoms with Crippen molar-refractivity contribution in [2.75, 3.05) is 17.2 Å². The van der Waals surface area contributed by atoms with Crippen molar-refractivity contribution < 1.29 is 35.3 Å². The number of phenols is 2. The molecule has 3 rings (SSSR count). The lowest BCUT2D eigenvalue weighted by Gasteiger charge is -1.97. The van der Waals surface area contributed by atoms with Gasteiger partial charge in [-0.15, -0.1) is 0 Å². The van der Waals surface area contributed by atoms with E-state index in [2.05, 4.69) is 5.92 Å². The van der Waals surface area contributed by atoms with Gasteiger partial charge >= 0.3 is 5.97 Å². The Bertz CT molecular complexity index is 1270. The third-order valence-corrected chi connectivity index (χ3v) is 3.37. The summed E-state index contributed by atoms with van der Waals surface area (Å²) in [6.07, 6.45) is 0. The number of nitrogen functional groups attached to an aromatic ring is 3. The molecule has 0 saturated carbocycles. The summed E-state index contributed by atoms with van der Waals surface area (Å²) in [4.78, 5) is 38.9. The molecule has 0 spiro atoms. The Balaban J connectivity index is 0.000000437. The number of nitrogens with zero attached hydrogens (tertiary/aromatic N) is 1. The number of carboxylic acids is 1. The summed E-state index contributed by atoms with van der Waals surface area (Å²) in [5.74, 6) is 1.35. The van der Waals surface area contributed by atoms with Crippen molar-refractivity contribution in [3.8, 4) is 34.8 Å². The van der Waals surface area contributed by atoms with E-state index >= 15 is 0 Å². The molecule has 3 aromatic rings. The van der Waals surface area contributed by atoms with E-state index in [4.69, 9.17) is 42.7 Å². The number of hydrogen-bond donors (Lipinski definition) is 8. The van der Waals surface area contributed by atoms with Crippen LogP contribution in [0.4, 0.5) is 22.7 Å². The van der Waals surface area contributed by atoms with Crippen molar-refractivity contribution in [1.82, 2.24) is 0 Å². The molecule has 0 saturated heterocycles. The van der Waals surface area contributed by atoms with Crippen LogP contribution in [-0.4, -0.2) is 36.4 Å². The number of hydrogen-bond acceptors (Lipinski definition) is 12. The number of nitrogens with two attached hydrogens (primary N) is 3. The van der Waals surface area contributed by atoms with Crippen LogP contribution in [0.3, 0.4) is 0 Å². The average Bonchev–Trinajstić information content (AvgIpc) is 2.77. The van der Waals surface area contributed by atoms with Crippen molar-refractivity contribution in [2.45, 2.75) is 6.92 Å². The Morgan fingerprint density at radius 1 is 0.853 bits per heavy atom. The lowest BCUT2D eigenvalue weighted by atomic mass is 10.2. The normalized spacial score (nSPS) is 8.85. The zero-order chi connectivity index (χ0) is 26.6. The molecule has 0 bridgehead atoms. The fraction of sp³-hybridized carbons (Fsp3) is 0.0500. The smallest absolute Gasteiger partial charge is 0.381 e. The van der Waals surface area contributed by atoms with Gasteiger partial charge in [-0.1, -0.05) is 5.92 Å². The highest BCUT2D eigenvalue weighted by molar-refractivity contribution is 5.86. The average molecular weight is 476 g/mol.